The molecule has 0 amide bonds. The highest BCUT2D eigenvalue weighted by atomic mass is 35.5. The van der Waals surface area contributed by atoms with Gasteiger partial charge in [-0.15, -0.1) is 0 Å². The summed E-state index contributed by atoms with van der Waals surface area (Å²) in [4.78, 5) is 55.3. The number of halogens is 1. The van der Waals surface area contributed by atoms with E-state index in [1.807, 2.05) is 0 Å². The summed E-state index contributed by atoms with van der Waals surface area (Å²) in [5.41, 5.74) is -2.27. The first-order valence-corrected chi connectivity index (χ1v) is 12.9. The van der Waals surface area contributed by atoms with Crippen LogP contribution < -0.4 is 30.8 Å². The number of carbonyl (C=O) groups is 2. The lowest BCUT2D eigenvalue weighted by Crippen LogP contribution is -2.58. The number of fused-ring (bicyclic) bond motifs is 2. The average Bonchev–Trinajstić information content (AvgIpc) is 3.51. The number of ether oxygens (including phenoxy) is 3. The molecule has 0 saturated carbocycles. The molecule has 4 heterocycles. The van der Waals surface area contributed by atoms with Crippen molar-refractivity contribution in [1.29, 1.82) is 0 Å². The summed E-state index contributed by atoms with van der Waals surface area (Å²) in [7, 11) is 5.72. The van der Waals surface area contributed by atoms with Crippen molar-refractivity contribution >= 4 is 29.0 Å². The number of benzene rings is 1. The molecule has 3 aromatic rings. The molecule has 3 aliphatic rings. The van der Waals surface area contributed by atoms with Gasteiger partial charge in [-0.05, 0) is 25.5 Å². The minimum atomic E-state index is -1.98. The van der Waals surface area contributed by atoms with Crippen LogP contribution in [0.5, 0.6) is 17.2 Å². The smallest absolute Gasteiger partial charge is 0.332 e. The molecule has 12 heteroatoms. The van der Waals surface area contributed by atoms with Crippen molar-refractivity contribution in [2.75, 3.05) is 19.5 Å². The highest BCUT2D eigenvalue weighted by Gasteiger charge is 2.64. The highest BCUT2D eigenvalue weighted by molar-refractivity contribution is 6.36. The number of anilines is 1. The molecule has 2 aromatic heterocycles. The number of nitrogens with zero attached hydrogens (tertiary/aromatic N) is 2. The third-order valence-corrected chi connectivity index (χ3v) is 8.48. The van der Waals surface area contributed by atoms with Gasteiger partial charge in [0.1, 0.15) is 39.4 Å². The molecular weight excluding hydrogens is 542 g/mol. The van der Waals surface area contributed by atoms with Crippen LogP contribution in [0.3, 0.4) is 0 Å². The van der Waals surface area contributed by atoms with Crippen molar-refractivity contribution < 1.29 is 28.2 Å². The van der Waals surface area contributed by atoms with E-state index in [1.54, 1.807) is 33.0 Å². The Balaban J connectivity index is 1.61. The predicted molar refractivity (Wildman–Crippen MR) is 144 cm³/mol. The molecule has 11 nitrogen and oxygen atoms in total. The molecular formula is C28H26ClN3O8. The number of nitrogens with one attached hydrogen (secondary N) is 1. The number of ketones is 2. The second-order valence-corrected chi connectivity index (χ2v) is 10.6. The maximum absolute atomic E-state index is 14.7. The van der Waals surface area contributed by atoms with E-state index in [2.05, 4.69) is 5.32 Å². The molecule has 0 fully saturated rings. The second-order valence-electron chi connectivity index (χ2n) is 10.3. The van der Waals surface area contributed by atoms with E-state index in [9.17, 15) is 19.2 Å². The molecule has 6 rings (SSSR count). The van der Waals surface area contributed by atoms with Crippen molar-refractivity contribution in [2.45, 2.75) is 31.8 Å². The summed E-state index contributed by atoms with van der Waals surface area (Å²) >= 11 is 6.56. The molecule has 0 bridgehead atoms. The average molecular weight is 568 g/mol. The molecule has 1 aromatic carbocycles. The van der Waals surface area contributed by atoms with E-state index in [1.165, 1.54) is 31.9 Å². The summed E-state index contributed by atoms with van der Waals surface area (Å²) in [5, 5.41) is 3.21. The Morgan fingerprint density at radius 2 is 1.75 bits per heavy atom. The Hall–Kier alpha value is -4.25. The van der Waals surface area contributed by atoms with Gasteiger partial charge < -0.3 is 23.9 Å². The Morgan fingerprint density at radius 3 is 2.38 bits per heavy atom. The van der Waals surface area contributed by atoms with Gasteiger partial charge in [0.25, 0.3) is 5.56 Å². The predicted octanol–water partition coefficient (Wildman–Crippen LogP) is 3.09. The molecule has 2 aliphatic heterocycles. The third-order valence-electron chi connectivity index (χ3n) is 8.12. The van der Waals surface area contributed by atoms with Crippen molar-refractivity contribution in [3.8, 4) is 17.2 Å². The van der Waals surface area contributed by atoms with Gasteiger partial charge >= 0.3 is 5.69 Å². The lowest BCUT2D eigenvalue weighted by Gasteiger charge is -2.42. The van der Waals surface area contributed by atoms with E-state index < -0.39 is 40.3 Å². The van der Waals surface area contributed by atoms with Crippen molar-refractivity contribution in [2.24, 2.45) is 20.0 Å². The lowest BCUT2D eigenvalue weighted by molar-refractivity contribution is -0.130. The first-order chi connectivity index (χ1) is 19.0. The van der Waals surface area contributed by atoms with Gasteiger partial charge in [0, 0.05) is 37.3 Å². The zero-order chi connectivity index (χ0) is 28.8. The first kappa shape index (κ1) is 26.0. The summed E-state index contributed by atoms with van der Waals surface area (Å²) in [6, 6.07) is 4.87. The number of aromatic nitrogens is 2. The van der Waals surface area contributed by atoms with E-state index >= 15 is 0 Å². The fourth-order valence-corrected chi connectivity index (χ4v) is 6.35. The molecule has 1 aliphatic carbocycles. The van der Waals surface area contributed by atoms with E-state index in [-0.39, 0.29) is 51.2 Å². The van der Waals surface area contributed by atoms with Crippen molar-refractivity contribution in [1.82, 2.24) is 9.13 Å². The number of carbonyl (C=O) groups excluding carboxylic acids is 2. The van der Waals surface area contributed by atoms with Gasteiger partial charge in [-0.2, -0.15) is 0 Å². The van der Waals surface area contributed by atoms with Crippen molar-refractivity contribution in [3.63, 3.8) is 0 Å². The highest BCUT2D eigenvalue weighted by Crippen LogP contribution is 2.56. The first-order valence-electron chi connectivity index (χ1n) is 12.6. The molecule has 3 atom stereocenters. The third kappa shape index (κ3) is 3.12. The summed E-state index contributed by atoms with van der Waals surface area (Å²) < 4.78 is 25.4. The Bertz CT molecular complexity index is 1810. The number of aryl methyl sites for hydroxylation is 1. The Kier molecular flexibility index (Phi) is 5.60. The van der Waals surface area contributed by atoms with Crippen LogP contribution in [0.2, 0.25) is 5.02 Å². The number of hydrogen-bond acceptors (Lipinski definition) is 9. The second kappa shape index (κ2) is 8.62. The minimum absolute atomic E-state index is 0.0000101. The maximum atomic E-state index is 14.7. The normalized spacial score (nSPS) is 23.0. The number of methoxy groups -OCH3 is 2. The number of allylic oxidation sites excluding steroid dienone is 1. The largest absolute Gasteiger partial charge is 0.496 e. The molecule has 1 unspecified atom stereocenters. The monoisotopic (exact) mass is 567 g/mol. The van der Waals surface area contributed by atoms with Crippen LogP contribution in [0.1, 0.15) is 46.7 Å². The van der Waals surface area contributed by atoms with Gasteiger partial charge in [0.2, 0.25) is 17.2 Å². The van der Waals surface area contributed by atoms with Crippen LogP contribution in [0.25, 0.3) is 0 Å². The van der Waals surface area contributed by atoms with Gasteiger partial charge in [-0.1, -0.05) is 18.5 Å². The number of hydrogen-bond donors (Lipinski definition) is 1. The van der Waals surface area contributed by atoms with Gasteiger partial charge in [-0.3, -0.25) is 23.5 Å². The summed E-state index contributed by atoms with van der Waals surface area (Å²) in [5.74, 6) is -1.37. The van der Waals surface area contributed by atoms with Gasteiger partial charge in [0.05, 0.1) is 25.7 Å². The van der Waals surface area contributed by atoms with Crippen LogP contribution in [0.15, 0.2) is 43.5 Å². The topological polar surface area (TPSA) is 131 Å². The van der Waals surface area contributed by atoms with E-state index in [4.69, 9.17) is 30.2 Å². The van der Waals surface area contributed by atoms with E-state index in [0.29, 0.717) is 17.2 Å². The van der Waals surface area contributed by atoms with Gasteiger partial charge in [0.15, 0.2) is 5.75 Å². The van der Waals surface area contributed by atoms with Crippen molar-refractivity contribution in [3.05, 3.63) is 78.0 Å². The van der Waals surface area contributed by atoms with Crippen LogP contribution in [0, 0.1) is 12.8 Å². The molecule has 208 valence electrons. The number of furan rings is 1. The van der Waals surface area contributed by atoms with E-state index in [0.717, 1.165) is 4.57 Å². The van der Waals surface area contributed by atoms with Crippen LogP contribution >= 0.6 is 11.6 Å². The lowest BCUT2D eigenvalue weighted by atomic mass is 9.66. The zero-order valence-electron chi connectivity index (χ0n) is 22.6. The molecule has 40 heavy (non-hydrogen) atoms. The maximum Gasteiger partial charge on any atom is 0.332 e. The number of rotatable bonds is 3. The molecule has 1 spiro atoms. The summed E-state index contributed by atoms with van der Waals surface area (Å²) in [6.45, 7) is 3.48. The fourth-order valence-electron chi connectivity index (χ4n) is 6.08. The molecule has 0 saturated heterocycles. The quantitative estimate of drug-likeness (QED) is 0.474. The SMILES string of the molecule is COc1cc(OC)c2c(c1Cl)O[C@@]1(C(=O)C3=C(C[C@H]1C)Nc1c(c(=O)n(C)c(=O)n1C)C3c1ccc(C)o1)C2=O. The summed E-state index contributed by atoms with van der Waals surface area (Å²) in [6.07, 6.45) is 0.191. The molecule has 1 N–H and O–H groups in total. The van der Waals surface area contributed by atoms with Crippen LogP contribution in [0.4, 0.5) is 5.82 Å². The Labute approximate surface area is 232 Å². The standard InChI is InChI=1S/C28H26ClN3O8/c1-11-9-13-17(23(33)28(11)24(34)19-15(37-5)10-16(38-6)21(29)22(19)40-28)18(14-8-7-12(2)39-14)20-25(30-13)31(3)27(36)32(4)26(20)35/h7-8,10-11,18,30H,9H2,1-6H3/t11-,18?,28+/m1/s1. The van der Waals surface area contributed by atoms with Gasteiger partial charge in [-0.25, -0.2) is 4.79 Å². The minimum Gasteiger partial charge on any atom is -0.496 e. The molecule has 0 radical (unpaired) electrons. The van der Waals surface area contributed by atoms with Crippen LogP contribution in [-0.4, -0.2) is 40.5 Å². The Morgan fingerprint density at radius 1 is 1.05 bits per heavy atom. The van der Waals surface area contributed by atoms with Crippen LogP contribution in [-0.2, 0) is 18.9 Å². The fraction of sp³-hybridized carbons (Fsp3) is 0.357. The zero-order valence-corrected chi connectivity index (χ0v) is 23.4. The number of Topliss-reactive ketones (excluding diaryl/α,β-unsaturated/α-hetero) is 2.